The number of halogens is 1. The molecule has 0 aromatic heterocycles. The van der Waals surface area contributed by atoms with Gasteiger partial charge in [0.1, 0.15) is 5.75 Å². The Hall–Kier alpha value is -2.77. The third-order valence-electron chi connectivity index (χ3n) is 4.84. The summed E-state index contributed by atoms with van der Waals surface area (Å²) in [7, 11) is 4.98. The number of nitrogens with zero attached hydrogens (tertiary/aromatic N) is 2. The maximum absolute atomic E-state index is 12.8. The molecule has 1 N–H and O–H groups in total. The van der Waals surface area contributed by atoms with Crippen LogP contribution >= 0.6 is 12.4 Å². The van der Waals surface area contributed by atoms with Gasteiger partial charge in [-0.05, 0) is 43.4 Å². The predicted octanol–water partition coefficient (Wildman–Crippen LogP) is 2.91. The monoisotopic (exact) mass is 419 g/mol. The summed E-state index contributed by atoms with van der Waals surface area (Å²) >= 11 is 0. The normalized spacial score (nSPS) is 14.0. The van der Waals surface area contributed by atoms with Crippen molar-refractivity contribution in [2.24, 2.45) is 0 Å². The van der Waals surface area contributed by atoms with Gasteiger partial charge in [-0.25, -0.2) is 4.79 Å². The van der Waals surface area contributed by atoms with Gasteiger partial charge in [-0.1, -0.05) is 6.07 Å². The molecule has 1 fully saturated rings. The van der Waals surface area contributed by atoms with Crippen molar-refractivity contribution in [1.82, 2.24) is 4.90 Å². The Morgan fingerprint density at radius 2 is 1.69 bits per heavy atom. The highest BCUT2D eigenvalue weighted by Gasteiger charge is 2.20. The third-order valence-corrected chi connectivity index (χ3v) is 4.84. The van der Waals surface area contributed by atoms with Crippen molar-refractivity contribution in [3.63, 3.8) is 0 Å². The van der Waals surface area contributed by atoms with Gasteiger partial charge in [0.25, 0.3) is 5.91 Å². The van der Waals surface area contributed by atoms with Crippen LogP contribution in [-0.2, 0) is 4.74 Å². The molecule has 8 heteroatoms. The molecule has 0 saturated carbocycles. The number of rotatable bonds is 5. The van der Waals surface area contributed by atoms with Gasteiger partial charge in [0.2, 0.25) is 0 Å². The number of hydrogen-bond acceptors (Lipinski definition) is 6. The van der Waals surface area contributed by atoms with Crippen LogP contribution in [0.3, 0.4) is 0 Å². The molecular weight excluding hydrogens is 394 g/mol. The Kier molecular flexibility index (Phi) is 7.87. The van der Waals surface area contributed by atoms with Gasteiger partial charge in [-0.2, -0.15) is 0 Å². The van der Waals surface area contributed by atoms with E-state index >= 15 is 0 Å². The van der Waals surface area contributed by atoms with Gasteiger partial charge in [0.05, 0.1) is 31.2 Å². The van der Waals surface area contributed by atoms with Crippen LogP contribution in [0.25, 0.3) is 0 Å². The molecule has 1 aliphatic heterocycles. The fourth-order valence-corrected chi connectivity index (χ4v) is 3.16. The van der Waals surface area contributed by atoms with E-state index in [2.05, 4.69) is 22.2 Å². The first kappa shape index (κ1) is 22.5. The minimum Gasteiger partial charge on any atom is -0.497 e. The molecule has 0 atom stereocenters. The number of benzene rings is 2. The first-order chi connectivity index (χ1) is 13.5. The zero-order valence-electron chi connectivity index (χ0n) is 16.8. The maximum Gasteiger partial charge on any atom is 0.337 e. The highest BCUT2D eigenvalue weighted by atomic mass is 35.5. The zero-order chi connectivity index (χ0) is 20.1. The fraction of sp³-hybridized carbons (Fsp3) is 0.333. The van der Waals surface area contributed by atoms with Crippen LogP contribution in [0.2, 0.25) is 0 Å². The average molecular weight is 420 g/mol. The van der Waals surface area contributed by atoms with Crippen molar-refractivity contribution < 1.29 is 19.1 Å². The second kappa shape index (κ2) is 10.1. The molecule has 0 radical (unpaired) electrons. The Balaban J connectivity index is 0.00000300. The summed E-state index contributed by atoms with van der Waals surface area (Å²) < 4.78 is 10.0. The molecule has 156 valence electrons. The largest absolute Gasteiger partial charge is 0.497 e. The number of piperazine rings is 1. The van der Waals surface area contributed by atoms with Crippen LogP contribution in [0.5, 0.6) is 5.75 Å². The average Bonchev–Trinajstić information content (AvgIpc) is 2.73. The van der Waals surface area contributed by atoms with Crippen molar-refractivity contribution in [2.75, 3.05) is 57.7 Å². The molecule has 1 amide bonds. The predicted molar refractivity (Wildman–Crippen MR) is 116 cm³/mol. The number of carbonyl (C=O) groups excluding carboxylic acids is 2. The van der Waals surface area contributed by atoms with Gasteiger partial charge in [0.15, 0.2) is 0 Å². The van der Waals surface area contributed by atoms with Crippen molar-refractivity contribution in [3.8, 4) is 5.75 Å². The van der Waals surface area contributed by atoms with Gasteiger partial charge in [-0.15, -0.1) is 12.4 Å². The van der Waals surface area contributed by atoms with Crippen molar-refractivity contribution >= 4 is 35.7 Å². The van der Waals surface area contributed by atoms with Crippen LogP contribution in [0.1, 0.15) is 20.7 Å². The van der Waals surface area contributed by atoms with E-state index in [1.165, 1.54) is 7.11 Å². The van der Waals surface area contributed by atoms with Crippen LogP contribution in [0, 0.1) is 0 Å². The van der Waals surface area contributed by atoms with Crippen LogP contribution in [-0.4, -0.2) is 64.2 Å². The molecule has 1 saturated heterocycles. The number of amides is 1. The highest BCUT2D eigenvalue weighted by molar-refractivity contribution is 6.07. The van der Waals surface area contributed by atoms with Gasteiger partial charge in [-0.3, -0.25) is 4.79 Å². The molecule has 1 heterocycles. The van der Waals surface area contributed by atoms with E-state index in [9.17, 15) is 9.59 Å². The lowest BCUT2D eigenvalue weighted by Gasteiger charge is -2.35. The molecule has 0 spiro atoms. The van der Waals surface area contributed by atoms with Gasteiger partial charge < -0.3 is 24.6 Å². The molecule has 0 unspecified atom stereocenters. The Morgan fingerprint density at radius 3 is 2.34 bits per heavy atom. The first-order valence-electron chi connectivity index (χ1n) is 9.13. The SMILES string of the molecule is COC(=O)c1ccc(N2CCN(C)CC2)c(NC(=O)c2cccc(OC)c2)c1.Cl. The Bertz CT molecular complexity index is 867. The van der Waals surface area contributed by atoms with E-state index in [1.807, 2.05) is 6.07 Å². The topological polar surface area (TPSA) is 71.1 Å². The van der Waals surface area contributed by atoms with Gasteiger partial charge >= 0.3 is 5.97 Å². The van der Waals surface area contributed by atoms with E-state index < -0.39 is 5.97 Å². The quantitative estimate of drug-likeness (QED) is 0.751. The molecule has 2 aromatic carbocycles. The summed E-state index contributed by atoms with van der Waals surface area (Å²) in [5.74, 6) is -0.103. The molecule has 0 bridgehead atoms. The van der Waals surface area contributed by atoms with E-state index in [4.69, 9.17) is 9.47 Å². The molecule has 3 rings (SSSR count). The second-order valence-electron chi connectivity index (χ2n) is 6.70. The van der Waals surface area contributed by atoms with Crippen molar-refractivity contribution in [3.05, 3.63) is 53.6 Å². The third kappa shape index (κ3) is 5.40. The van der Waals surface area contributed by atoms with E-state index in [-0.39, 0.29) is 18.3 Å². The number of carbonyl (C=O) groups is 2. The molecule has 7 nitrogen and oxygen atoms in total. The summed E-state index contributed by atoms with van der Waals surface area (Å²) in [5.41, 5.74) is 2.34. The number of hydrogen-bond donors (Lipinski definition) is 1. The summed E-state index contributed by atoms with van der Waals surface area (Å²) in [6.45, 7) is 3.55. The van der Waals surface area contributed by atoms with E-state index in [1.54, 1.807) is 43.5 Å². The Morgan fingerprint density at radius 1 is 0.966 bits per heavy atom. The smallest absolute Gasteiger partial charge is 0.337 e. The summed E-state index contributed by atoms with van der Waals surface area (Å²) in [6.07, 6.45) is 0. The lowest BCUT2D eigenvalue weighted by atomic mass is 10.1. The summed E-state index contributed by atoms with van der Waals surface area (Å²) in [6, 6.07) is 12.2. The van der Waals surface area contributed by atoms with Crippen LogP contribution in [0.15, 0.2) is 42.5 Å². The molecule has 2 aromatic rings. The number of anilines is 2. The number of esters is 1. The molecular formula is C21H26ClN3O4. The first-order valence-corrected chi connectivity index (χ1v) is 9.13. The lowest BCUT2D eigenvalue weighted by molar-refractivity contribution is 0.0600. The molecule has 1 aliphatic rings. The van der Waals surface area contributed by atoms with Crippen LogP contribution < -0.4 is 15.0 Å². The maximum atomic E-state index is 12.8. The number of ether oxygens (including phenoxy) is 2. The van der Waals surface area contributed by atoms with Crippen molar-refractivity contribution in [2.45, 2.75) is 0 Å². The second-order valence-corrected chi connectivity index (χ2v) is 6.70. The molecule has 0 aliphatic carbocycles. The lowest BCUT2D eigenvalue weighted by Crippen LogP contribution is -2.44. The van der Waals surface area contributed by atoms with E-state index in [0.717, 1.165) is 31.9 Å². The van der Waals surface area contributed by atoms with Crippen molar-refractivity contribution in [1.29, 1.82) is 0 Å². The number of methoxy groups -OCH3 is 2. The van der Waals surface area contributed by atoms with E-state index in [0.29, 0.717) is 22.6 Å². The zero-order valence-corrected chi connectivity index (χ0v) is 17.6. The number of likely N-dealkylation sites (N-methyl/N-ethyl adjacent to an activating group) is 1. The minimum absolute atomic E-state index is 0. The van der Waals surface area contributed by atoms with Crippen LogP contribution in [0.4, 0.5) is 11.4 Å². The molecule has 29 heavy (non-hydrogen) atoms. The van der Waals surface area contributed by atoms with Gasteiger partial charge in [0, 0.05) is 31.7 Å². The summed E-state index contributed by atoms with van der Waals surface area (Å²) in [4.78, 5) is 29.2. The highest BCUT2D eigenvalue weighted by Crippen LogP contribution is 2.29. The minimum atomic E-state index is -0.443. The number of nitrogens with one attached hydrogen (secondary N) is 1. The fourth-order valence-electron chi connectivity index (χ4n) is 3.16. The standard InChI is InChI=1S/C21H25N3O4.ClH/c1-23-9-11-24(12-10-23)19-8-7-16(21(26)28-3)14-18(19)22-20(25)15-5-4-6-17(13-15)27-2;/h4-8,13-14H,9-12H2,1-3H3,(H,22,25);1H. The summed E-state index contributed by atoms with van der Waals surface area (Å²) in [5, 5.41) is 2.95. The Labute approximate surface area is 177 Å².